The molecule has 158 valence electrons. The molecule has 3 heterocycles. The molecule has 7 nitrogen and oxygen atoms in total. The Morgan fingerprint density at radius 1 is 1.03 bits per heavy atom. The van der Waals surface area contributed by atoms with Gasteiger partial charge in [-0.25, -0.2) is 4.79 Å². The predicted molar refractivity (Wildman–Crippen MR) is 112 cm³/mol. The minimum absolute atomic E-state index is 0.0433. The lowest BCUT2D eigenvalue weighted by molar-refractivity contribution is -0.136. The number of imide groups is 1. The summed E-state index contributed by atoms with van der Waals surface area (Å²) in [4.78, 5) is 36.6. The van der Waals surface area contributed by atoms with Crippen molar-refractivity contribution in [3.05, 3.63) is 66.0 Å². The molecule has 1 N–H and O–H groups in total. The maximum atomic E-state index is 13.6. The topological polar surface area (TPSA) is 77.0 Å². The van der Waals surface area contributed by atoms with Crippen molar-refractivity contribution < 1.29 is 14.7 Å². The van der Waals surface area contributed by atoms with Crippen LogP contribution in [0.15, 0.2) is 54.7 Å². The lowest BCUT2D eigenvalue weighted by Gasteiger charge is -2.43. The van der Waals surface area contributed by atoms with Gasteiger partial charge in [-0.2, -0.15) is 0 Å². The highest BCUT2D eigenvalue weighted by Gasteiger charge is 2.58. The number of carbonyl (C=O) groups is 2. The Morgan fingerprint density at radius 3 is 2.37 bits per heavy atom. The molecule has 1 aromatic carbocycles. The lowest BCUT2D eigenvalue weighted by atomic mass is 9.85. The molecule has 1 spiro atoms. The highest BCUT2D eigenvalue weighted by Crippen LogP contribution is 2.39. The van der Waals surface area contributed by atoms with Gasteiger partial charge in [0.25, 0.3) is 5.91 Å². The van der Waals surface area contributed by atoms with E-state index < -0.39 is 5.54 Å². The summed E-state index contributed by atoms with van der Waals surface area (Å²) in [6.45, 7) is 3.99. The molecule has 0 saturated carbocycles. The zero-order valence-corrected chi connectivity index (χ0v) is 17.3. The zero-order chi connectivity index (χ0) is 21.1. The van der Waals surface area contributed by atoms with E-state index in [-0.39, 0.29) is 31.1 Å². The van der Waals surface area contributed by atoms with Gasteiger partial charge < -0.3 is 10.0 Å². The quantitative estimate of drug-likeness (QED) is 0.742. The monoisotopic (exact) mass is 408 g/mol. The number of likely N-dealkylation sites (tertiary alicyclic amines) is 1. The molecule has 0 radical (unpaired) electrons. The van der Waals surface area contributed by atoms with Crippen molar-refractivity contribution in [3.63, 3.8) is 0 Å². The van der Waals surface area contributed by atoms with Gasteiger partial charge in [-0.3, -0.25) is 19.6 Å². The molecule has 2 aromatic rings. The molecule has 2 saturated heterocycles. The first-order chi connectivity index (χ1) is 14.5. The molecule has 4 rings (SSSR count). The van der Waals surface area contributed by atoms with Gasteiger partial charge >= 0.3 is 6.03 Å². The number of nitrogens with zero attached hydrogens (tertiary/aromatic N) is 4. The Morgan fingerprint density at radius 2 is 1.73 bits per heavy atom. The number of aromatic nitrogens is 1. The molecule has 2 aliphatic heterocycles. The van der Waals surface area contributed by atoms with E-state index in [1.54, 1.807) is 11.1 Å². The fourth-order valence-corrected chi connectivity index (χ4v) is 4.49. The number of carbonyl (C=O) groups excluding carboxylic acids is 2. The Bertz CT molecular complexity index is 882. The van der Waals surface area contributed by atoms with Crippen molar-refractivity contribution in [2.24, 2.45) is 0 Å². The number of benzene rings is 1. The van der Waals surface area contributed by atoms with Crippen molar-refractivity contribution in [1.29, 1.82) is 0 Å². The number of aliphatic hydroxyl groups is 1. The highest BCUT2D eigenvalue weighted by atomic mass is 16.3. The number of rotatable bonds is 6. The van der Waals surface area contributed by atoms with Gasteiger partial charge in [-0.1, -0.05) is 36.4 Å². The van der Waals surface area contributed by atoms with Crippen LogP contribution in [0.25, 0.3) is 0 Å². The van der Waals surface area contributed by atoms with Crippen LogP contribution in [0.4, 0.5) is 4.79 Å². The Balaban J connectivity index is 1.62. The van der Waals surface area contributed by atoms with E-state index in [4.69, 9.17) is 0 Å². The summed E-state index contributed by atoms with van der Waals surface area (Å²) in [5, 5.41) is 9.50. The van der Waals surface area contributed by atoms with Crippen molar-refractivity contribution in [3.8, 4) is 0 Å². The van der Waals surface area contributed by atoms with E-state index in [9.17, 15) is 14.7 Å². The fraction of sp³-hybridized carbons (Fsp3) is 0.435. The number of piperidine rings is 1. The van der Waals surface area contributed by atoms with Gasteiger partial charge in [-0.15, -0.1) is 0 Å². The molecular weight excluding hydrogens is 380 g/mol. The number of hydrogen-bond donors (Lipinski definition) is 1. The van der Waals surface area contributed by atoms with Gasteiger partial charge in [0.2, 0.25) is 0 Å². The summed E-state index contributed by atoms with van der Waals surface area (Å²) in [6.07, 6.45) is 2.80. The van der Waals surface area contributed by atoms with E-state index in [1.807, 2.05) is 55.5 Å². The highest BCUT2D eigenvalue weighted by molar-refractivity contribution is 6.07. The van der Waals surface area contributed by atoms with E-state index in [1.165, 1.54) is 4.90 Å². The first-order valence-corrected chi connectivity index (χ1v) is 10.5. The first-order valence-electron chi connectivity index (χ1n) is 10.5. The van der Waals surface area contributed by atoms with Crippen LogP contribution < -0.4 is 0 Å². The summed E-state index contributed by atoms with van der Waals surface area (Å²) in [5.41, 5.74) is 0.860. The summed E-state index contributed by atoms with van der Waals surface area (Å²) < 4.78 is 0. The Hall–Kier alpha value is -2.77. The maximum Gasteiger partial charge on any atom is 0.328 e. The fourth-order valence-electron chi connectivity index (χ4n) is 4.49. The van der Waals surface area contributed by atoms with Crippen LogP contribution in [0.2, 0.25) is 0 Å². The molecule has 0 unspecified atom stereocenters. The predicted octanol–water partition coefficient (Wildman–Crippen LogP) is 2.26. The van der Waals surface area contributed by atoms with Crippen LogP contribution in [0.1, 0.15) is 31.0 Å². The second-order valence-electron chi connectivity index (χ2n) is 8.17. The SMILES string of the molecule is C[C@@H](CO)N1CCC2(CC1)C(=O)N(Cc1ccccn1)C(=O)N2Cc1ccccc1. The largest absolute Gasteiger partial charge is 0.395 e. The second kappa shape index (κ2) is 8.53. The summed E-state index contributed by atoms with van der Waals surface area (Å²) >= 11 is 0. The number of hydrogen-bond acceptors (Lipinski definition) is 5. The summed E-state index contributed by atoms with van der Waals surface area (Å²) in [7, 11) is 0. The molecular formula is C23H28N4O3. The van der Waals surface area contributed by atoms with E-state index in [0.717, 1.165) is 5.56 Å². The average molecular weight is 409 g/mol. The molecule has 1 aromatic heterocycles. The number of aliphatic hydroxyl groups excluding tert-OH is 1. The molecule has 0 aliphatic carbocycles. The number of pyridine rings is 1. The van der Waals surface area contributed by atoms with Crippen molar-refractivity contribution >= 4 is 11.9 Å². The van der Waals surface area contributed by atoms with Crippen LogP contribution in [0, 0.1) is 0 Å². The minimum atomic E-state index is -0.840. The minimum Gasteiger partial charge on any atom is -0.395 e. The van der Waals surface area contributed by atoms with Crippen LogP contribution >= 0.6 is 0 Å². The summed E-state index contributed by atoms with van der Waals surface area (Å²) in [6, 6.07) is 15.1. The Kier molecular flexibility index (Phi) is 5.83. The average Bonchev–Trinajstić information content (AvgIpc) is 2.97. The summed E-state index contributed by atoms with van der Waals surface area (Å²) in [5.74, 6) is -0.134. The molecule has 30 heavy (non-hydrogen) atoms. The van der Waals surface area contributed by atoms with Gasteiger partial charge in [0.05, 0.1) is 18.8 Å². The molecule has 7 heteroatoms. The van der Waals surface area contributed by atoms with E-state index in [2.05, 4.69) is 9.88 Å². The van der Waals surface area contributed by atoms with E-state index in [0.29, 0.717) is 38.2 Å². The molecule has 0 bridgehead atoms. The molecule has 3 amide bonds. The van der Waals surface area contributed by atoms with Crippen molar-refractivity contribution in [2.75, 3.05) is 19.7 Å². The zero-order valence-electron chi connectivity index (χ0n) is 17.3. The first kappa shape index (κ1) is 20.5. The third-order valence-corrected chi connectivity index (χ3v) is 6.36. The molecule has 2 aliphatic rings. The van der Waals surface area contributed by atoms with E-state index >= 15 is 0 Å². The Labute approximate surface area is 176 Å². The van der Waals surface area contributed by atoms with Crippen LogP contribution in [-0.2, 0) is 17.9 Å². The van der Waals surface area contributed by atoms with Crippen LogP contribution in [-0.4, -0.2) is 68.0 Å². The van der Waals surface area contributed by atoms with Crippen molar-refractivity contribution in [1.82, 2.24) is 19.7 Å². The van der Waals surface area contributed by atoms with Gasteiger partial charge in [0.15, 0.2) is 0 Å². The standard InChI is InChI=1S/C23H28N4O3/c1-18(17-28)25-13-10-23(11-14-25)21(29)26(16-20-9-5-6-12-24-20)22(30)27(23)15-19-7-3-2-4-8-19/h2-9,12,18,28H,10-11,13-17H2,1H3/t18-/m0/s1. The normalized spacial score (nSPS) is 20.2. The lowest BCUT2D eigenvalue weighted by Crippen LogP contribution is -2.57. The van der Waals surface area contributed by atoms with Gasteiger partial charge in [0.1, 0.15) is 5.54 Å². The smallest absolute Gasteiger partial charge is 0.328 e. The number of urea groups is 1. The molecule has 2 fully saturated rings. The second-order valence-corrected chi connectivity index (χ2v) is 8.17. The van der Waals surface area contributed by atoms with Gasteiger partial charge in [0, 0.05) is 31.9 Å². The van der Waals surface area contributed by atoms with Crippen LogP contribution in [0.3, 0.4) is 0 Å². The van der Waals surface area contributed by atoms with Crippen molar-refractivity contribution in [2.45, 2.75) is 44.4 Å². The third kappa shape index (κ3) is 3.70. The maximum absolute atomic E-state index is 13.6. The third-order valence-electron chi connectivity index (χ3n) is 6.36. The molecule has 1 atom stereocenters. The number of amides is 3. The van der Waals surface area contributed by atoms with Crippen LogP contribution in [0.5, 0.6) is 0 Å². The van der Waals surface area contributed by atoms with Gasteiger partial charge in [-0.05, 0) is 37.5 Å².